The standard InChI is InChI=1S/C18H27N3O3.ClH/c1-12(2)11-20-16(22)14-4-5-15(13(3)10-14)21-17(23)18(19)6-8-24-9-7-18;/h4-5,10,12H,6-9,11,19H2,1-3H3,(H,20,22)(H,21,23);1H. The highest BCUT2D eigenvalue weighted by Crippen LogP contribution is 2.22. The van der Waals surface area contributed by atoms with E-state index in [-0.39, 0.29) is 24.2 Å². The summed E-state index contributed by atoms with van der Waals surface area (Å²) in [6.07, 6.45) is 1.02. The van der Waals surface area contributed by atoms with Crippen LogP contribution in [0.5, 0.6) is 0 Å². The van der Waals surface area contributed by atoms with Crippen LogP contribution in [0.4, 0.5) is 5.69 Å². The molecule has 1 aliphatic rings. The minimum Gasteiger partial charge on any atom is -0.381 e. The molecule has 2 rings (SSSR count). The summed E-state index contributed by atoms with van der Waals surface area (Å²) in [7, 11) is 0. The van der Waals surface area contributed by atoms with Gasteiger partial charge in [0.25, 0.3) is 5.91 Å². The largest absolute Gasteiger partial charge is 0.381 e. The molecule has 0 radical (unpaired) electrons. The Morgan fingerprint density at radius 2 is 1.92 bits per heavy atom. The monoisotopic (exact) mass is 369 g/mol. The lowest BCUT2D eigenvalue weighted by molar-refractivity contribution is -0.124. The maximum atomic E-state index is 12.5. The van der Waals surface area contributed by atoms with Gasteiger partial charge in [-0.05, 0) is 49.4 Å². The van der Waals surface area contributed by atoms with Crippen LogP contribution in [0.1, 0.15) is 42.6 Å². The average Bonchev–Trinajstić information content (AvgIpc) is 2.55. The van der Waals surface area contributed by atoms with E-state index in [0.29, 0.717) is 49.8 Å². The van der Waals surface area contributed by atoms with Gasteiger partial charge in [0.1, 0.15) is 5.54 Å². The van der Waals surface area contributed by atoms with Crippen LogP contribution >= 0.6 is 12.4 Å². The number of rotatable bonds is 5. The number of ether oxygens (including phenoxy) is 1. The third-order valence-electron chi connectivity index (χ3n) is 4.24. The summed E-state index contributed by atoms with van der Waals surface area (Å²) in [5, 5.41) is 5.77. The molecule has 1 fully saturated rings. The van der Waals surface area contributed by atoms with Crippen molar-refractivity contribution in [3.63, 3.8) is 0 Å². The molecule has 1 heterocycles. The summed E-state index contributed by atoms with van der Waals surface area (Å²) in [5.41, 5.74) is 7.39. The lowest BCUT2D eigenvalue weighted by Crippen LogP contribution is -2.54. The van der Waals surface area contributed by atoms with Crippen LogP contribution in [0.2, 0.25) is 0 Å². The molecule has 6 nitrogen and oxygen atoms in total. The van der Waals surface area contributed by atoms with Crippen molar-refractivity contribution in [2.45, 2.75) is 39.2 Å². The Balaban J connectivity index is 0.00000312. The summed E-state index contributed by atoms with van der Waals surface area (Å²) in [5.74, 6) is 0.0872. The normalized spacial score (nSPS) is 16.0. The van der Waals surface area contributed by atoms with Crippen molar-refractivity contribution in [2.75, 3.05) is 25.1 Å². The lowest BCUT2D eigenvalue weighted by Gasteiger charge is -2.32. The Hall–Kier alpha value is -1.63. The molecule has 0 aliphatic carbocycles. The Kier molecular flexibility index (Phi) is 7.86. The van der Waals surface area contributed by atoms with Gasteiger partial charge in [0, 0.05) is 31.0 Å². The van der Waals surface area contributed by atoms with Gasteiger partial charge in [-0.15, -0.1) is 12.4 Å². The van der Waals surface area contributed by atoms with Gasteiger partial charge in [-0.1, -0.05) is 13.8 Å². The Bertz CT molecular complexity index is 614. The topological polar surface area (TPSA) is 93.5 Å². The number of aryl methyl sites for hydroxylation is 1. The molecule has 0 saturated carbocycles. The summed E-state index contributed by atoms with van der Waals surface area (Å²) in [6, 6.07) is 5.24. The molecule has 1 aromatic rings. The van der Waals surface area contributed by atoms with Gasteiger partial charge >= 0.3 is 0 Å². The predicted octanol–water partition coefficient (Wildman–Crippen LogP) is 2.25. The number of amides is 2. The number of benzene rings is 1. The van der Waals surface area contributed by atoms with E-state index in [4.69, 9.17) is 10.5 Å². The first kappa shape index (κ1) is 21.4. The first-order valence-corrected chi connectivity index (χ1v) is 8.39. The highest BCUT2D eigenvalue weighted by molar-refractivity contribution is 6.00. The maximum absolute atomic E-state index is 12.5. The van der Waals surface area contributed by atoms with Crippen molar-refractivity contribution in [3.05, 3.63) is 29.3 Å². The number of hydrogen-bond donors (Lipinski definition) is 3. The quantitative estimate of drug-likeness (QED) is 0.742. The fraction of sp³-hybridized carbons (Fsp3) is 0.556. The van der Waals surface area contributed by atoms with E-state index in [1.807, 2.05) is 20.8 Å². The number of carbonyl (C=O) groups excluding carboxylic acids is 2. The van der Waals surface area contributed by atoms with Crippen LogP contribution in [0.3, 0.4) is 0 Å². The molecule has 1 aliphatic heterocycles. The van der Waals surface area contributed by atoms with Crippen molar-refractivity contribution in [2.24, 2.45) is 11.7 Å². The molecule has 2 amide bonds. The molecule has 1 saturated heterocycles. The zero-order chi connectivity index (χ0) is 17.7. The van der Waals surface area contributed by atoms with Gasteiger partial charge < -0.3 is 21.1 Å². The van der Waals surface area contributed by atoms with Crippen molar-refractivity contribution in [1.82, 2.24) is 5.32 Å². The van der Waals surface area contributed by atoms with Crippen LogP contribution in [0, 0.1) is 12.8 Å². The second-order valence-corrected chi connectivity index (χ2v) is 6.86. The fourth-order valence-corrected chi connectivity index (χ4v) is 2.55. The number of nitrogens with one attached hydrogen (secondary N) is 2. The molecule has 0 aromatic heterocycles. The predicted molar refractivity (Wildman–Crippen MR) is 101 cm³/mol. The number of carbonyl (C=O) groups is 2. The Morgan fingerprint density at radius 1 is 1.28 bits per heavy atom. The van der Waals surface area contributed by atoms with E-state index in [1.165, 1.54) is 0 Å². The summed E-state index contributed by atoms with van der Waals surface area (Å²) in [6.45, 7) is 7.58. The van der Waals surface area contributed by atoms with Gasteiger partial charge in [0.15, 0.2) is 0 Å². The molecule has 1 aromatic carbocycles. The van der Waals surface area contributed by atoms with Gasteiger partial charge in [0.05, 0.1) is 0 Å². The molecular weight excluding hydrogens is 342 g/mol. The van der Waals surface area contributed by atoms with E-state index in [0.717, 1.165) is 5.56 Å². The molecule has 140 valence electrons. The molecule has 0 atom stereocenters. The third kappa shape index (κ3) is 5.70. The second-order valence-electron chi connectivity index (χ2n) is 6.86. The highest BCUT2D eigenvalue weighted by atomic mass is 35.5. The van der Waals surface area contributed by atoms with Crippen LogP contribution in [-0.4, -0.2) is 37.1 Å². The zero-order valence-electron chi connectivity index (χ0n) is 15.1. The lowest BCUT2D eigenvalue weighted by atomic mass is 9.90. The zero-order valence-corrected chi connectivity index (χ0v) is 15.9. The summed E-state index contributed by atoms with van der Waals surface area (Å²) in [4.78, 5) is 24.6. The first-order chi connectivity index (χ1) is 11.3. The molecule has 0 bridgehead atoms. The minimum atomic E-state index is -0.891. The summed E-state index contributed by atoms with van der Waals surface area (Å²) < 4.78 is 5.27. The van der Waals surface area contributed by atoms with Crippen molar-refractivity contribution in [3.8, 4) is 0 Å². The SMILES string of the molecule is Cc1cc(C(=O)NCC(C)C)ccc1NC(=O)C1(N)CCOCC1.Cl. The van der Waals surface area contributed by atoms with Gasteiger partial charge in [-0.25, -0.2) is 0 Å². The third-order valence-corrected chi connectivity index (χ3v) is 4.24. The number of nitrogens with two attached hydrogens (primary N) is 1. The molecule has 25 heavy (non-hydrogen) atoms. The maximum Gasteiger partial charge on any atom is 0.251 e. The molecule has 4 N–H and O–H groups in total. The number of halogens is 1. The van der Waals surface area contributed by atoms with E-state index in [9.17, 15) is 9.59 Å². The van der Waals surface area contributed by atoms with Crippen molar-refractivity contribution < 1.29 is 14.3 Å². The van der Waals surface area contributed by atoms with Crippen molar-refractivity contribution in [1.29, 1.82) is 0 Å². The van der Waals surface area contributed by atoms with Gasteiger partial charge in [-0.2, -0.15) is 0 Å². The van der Waals surface area contributed by atoms with Crippen LogP contribution in [0.15, 0.2) is 18.2 Å². The number of hydrogen-bond acceptors (Lipinski definition) is 4. The van der Waals surface area contributed by atoms with E-state index < -0.39 is 5.54 Å². The smallest absolute Gasteiger partial charge is 0.251 e. The molecule has 0 unspecified atom stereocenters. The summed E-state index contributed by atoms with van der Waals surface area (Å²) >= 11 is 0. The highest BCUT2D eigenvalue weighted by Gasteiger charge is 2.36. The van der Waals surface area contributed by atoms with Crippen LogP contribution < -0.4 is 16.4 Å². The number of anilines is 1. The first-order valence-electron chi connectivity index (χ1n) is 8.39. The fourth-order valence-electron chi connectivity index (χ4n) is 2.55. The van der Waals surface area contributed by atoms with Crippen molar-refractivity contribution >= 4 is 29.9 Å². The molecular formula is C18H28ClN3O3. The van der Waals surface area contributed by atoms with Crippen LogP contribution in [-0.2, 0) is 9.53 Å². The van der Waals surface area contributed by atoms with E-state index >= 15 is 0 Å². The van der Waals surface area contributed by atoms with E-state index in [2.05, 4.69) is 10.6 Å². The second kappa shape index (κ2) is 9.17. The van der Waals surface area contributed by atoms with Gasteiger partial charge in [0.2, 0.25) is 5.91 Å². The Labute approximate surface area is 155 Å². The Morgan fingerprint density at radius 3 is 2.48 bits per heavy atom. The van der Waals surface area contributed by atoms with Gasteiger partial charge in [-0.3, -0.25) is 9.59 Å². The van der Waals surface area contributed by atoms with E-state index in [1.54, 1.807) is 18.2 Å². The minimum absolute atomic E-state index is 0. The molecule has 7 heteroatoms. The molecule has 0 spiro atoms. The van der Waals surface area contributed by atoms with Crippen LogP contribution in [0.25, 0.3) is 0 Å². The average molecular weight is 370 g/mol.